The molecule has 1 N–H and O–H groups in total. The minimum absolute atomic E-state index is 0.0155. The topological polar surface area (TPSA) is 49.7 Å². The molecule has 2 aromatic rings. The van der Waals surface area contributed by atoms with Crippen LogP contribution in [0.4, 0.5) is 5.69 Å². The van der Waals surface area contributed by atoms with Crippen molar-refractivity contribution in [1.29, 1.82) is 0 Å². The molecule has 0 aromatic heterocycles. The molecular weight excluding hydrogens is 286 g/mol. The third kappa shape index (κ3) is 3.34. The number of Topliss-reactive ketones (excluding diaryl/α,β-unsaturated/α-hetero) is 1. The van der Waals surface area contributed by atoms with E-state index in [0.717, 1.165) is 36.0 Å². The SMILES string of the molecule is CCCC(O)=C1C(=O)CCCC1=Nc1ccc2ccccc2c1. The molecule has 2 aromatic carbocycles. The van der Waals surface area contributed by atoms with Gasteiger partial charge in [-0.05, 0) is 42.2 Å². The van der Waals surface area contributed by atoms with Crippen LogP contribution in [0.2, 0.25) is 0 Å². The number of hydrogen-bond donors (Lipinski definition) is 1. The molecule has 0 aliphatic heterocycles. The molecule has 0 atom stereocenters. The van der Waals surface area contributed by atoms with Crippen molar-refractivity contribution in [3.8, 4) is 0 Å². The van der Waals surface area contributed by atoms with Gasteiger partial charge < -0.3 is 5.11 Å². The molecule has 3 nitrogen and oxygen atoms in total. The van der Waals surface area contributed by atoms with Gasteiger partial charge in [0, 0.05) is 12.8 Å². The number of aliphatic imine (C=N–C) groups is 1. The van der Waals surface area contributed by atoms with Crippen LogP contribution in [0.25, 0.3) is 10.8 Å². The lowest BCUT2D eigenvalue weighted by molar-refractivity contribution is -0.115. The average molecular weight is 307 g/mol. The van der Waals surface area contributed by atoms with Crippen molar-refractivity contribution in [1.82, 2.24) is 0 Å². The summed E-state index contributed by atoms with van der Waals surface area (Å²) in [6, 6.07) is 14.2. The van der Waals surface area contributed by atoms with E-state index in [-0.39, 0.29) is 11.5 Å². The summed E-state index contributed by atoms with van der Waals surface area (Å²) >= 11 is 0. The number of nitrogens with zero attached hydrogens (tertiary/aromatic N) is 1. The van der Waals surface area contributed by atoms with Crippen molar-refractivity contribution in [2.45, 2.75) is 39.0 Å². The van der Waals surface area contributed by atoms with Crippen LogP contribution in [-0.4, -0.2) is 16.6 Å². The van der Waals surface area contributed by atoms with E-state index in [2.05, 4.69) is 17.1 Å². The summed E-state index contributed by atoms with van der Waals surface area (Å²) in [4.78, 5) is 16.9. The monoisotopic (exact) mass is 307 g/mol. The van der Waals surface area contributed by atoms with E-state index in [4.69, 9.17) is 0 Å². The lowest BCUT2D eigenvalue weighted by Crippen LogP contribution is -2.21. The zero-order valence-corrected chi connectivity index (χ0v) is 13.4. The lowest BCUT2D eigenvalue weighted by Gasteiger charge is -2.17. The van der Waals surface area contributed by atoms with E-state index in [9.17, 15) is 9.90 Å². The molecule has 0 bridgehead atoms. The smallest absolute Gasteiger partial charge is 0.168 e. The Labute approximate surface area is 136 Å². The molecule has 0 spiro atoms. The van der Waals surface area contributed by atoms with Gasteiger partial charge in [-0.15, -0.1) is 0 Å². The number of fused-ring (bicyclic) bond motifs is 1. The van der Waals surface area contributed by atoms with Crippen LogP contribution in [0, 0.1) is 0 Å². The van der Waals surface area contributed by atoms with Crippen LogP contribution >= 0.6 is 0 Å². The highest BCUT2D eigenvalue weighted by molar-refractivity contribution is 6.24. The van der Waals surface area contributed by atoms with Gasteiger partial charge in [-0.3, -0.25) is 9.79 Å². The maximum Gasteiger partial charge on any atom is 0.168 e. The molecule has 3 heteroatoms. The van der Waals surface area contributed by atoms with E-state index >= 15 is 0 Å². The van der Waals surface area contributed by atoms with E-state index in [0.29, 0.717) is 18.4 Å². The molecule has 0 heterocycles. The second-order valence-electron chi connectivity index (χ2n) is 5.94. The highest BCUT2D eigenvalue weighted by Crippen LogP contribution is 2.27. The van der Waals surface area contributed by atoms with Crippen molar-refractivity contribution in [2.75, 3.05) is 0 Å². The fourth-order valence-corrected chi connectivity index (χ4v) is 3.03. The molecule has 0 saturated heterocycles. The number of hydrogen-bond acceptors (Lipinski definition) is 3. The predicted molar refractivity (Wildman–Crippen MR) is 94.5 cm³/mol. The highest BCUT2D eigenvalue weighted by Gasteiger charge is 2.25. The number of carbonyl (C=O) groups is 1. The first-order valence-corrected chi connectivity index (χ1v) is 8.21. The highest BCUT2D eigenvalue weighted by atomic mass is 16.3. The molecule has 1 aliphatic rings. The molecular formula is C20H21NO2. The standard InChI is InChI=1S/C20H21NO2/c1-2-6-18(22)20-17(9-5-10-19(20)23)21-16-12-11-14-7-3-4-8-15(14)13-16/h3-4,7-8,11-13,22H,2,5-6,9-10H2,1H3. The van der Waals surface area contributed by atoms with E-state index in [1.807, 2.05) is 37.3 Å². The third-order valence-electron chi connectivity index (χ3n) is 4.16. The zero-order valence-electron chi connectivity index (χ0n) is 13.4. The molecule has 0 unspecified atom stereocenters. The molecule has 1 aliphatic carbocycles. The van der Waals surface area contributed by atoms with Crippen LogP contribution in [-0.2, 0) is 4.79 Å². The Morgan fingerprint density at radius 3 is 2.70 bits per heavy atom. The Hall–Kier alpha value is -2.42. The zero-order chi connectivity index (χ0) is 16.2. The minimum Gasteiger partial charge on any atom is -0.511 e. The number of allylic oxidation sites excluding steroid dienone is 2. The van der Waals surface area contributed by atoms with Crippen molar-refractivity contribution < 1.29 is 9.90 Å². The van der Waals surface area contributed by atoms with E-state index in [1.165, 1.54) is 5.39 Å². The summed E-state index contributed by atoms with van der Waals surface area (Å²) in [6.07, 6.45) is 3.37. The molecule has 118 valence electrons. The van der Waals surface area contributed by atoms with Crippen LogP contribution in [0.5, 0.6) is 0 Å². The number of aliphatic hydroxyl groups excluding tert-OH is 1. The Morgan fingerprint density at radius 2 is 1.91 bits per heavy atom. The summed E-state index contributed by atoms with van der Waals surface area (Å²) in [6.45, 7) is 1.99. The van der Waals surface area contributed by atoms with Crippen molar-refractivity contribution in [3.05, 3.63) is 53.8 Å². The first kappa shape index (κ1) is 15.5. The summed E-state index contributed by atoms with van der Waals surface area (Å²) in [7, 11) is 0. The fraction of sp³-hybridized carbons (Fsp3) is 0.300. The molecule has 1 fully saturated rings. The average Bonchev–Trinajstić information content (AvgIpc) is 2.55. The summed E-state index contributed by atoms with van der Waals surface area (Å²) in [5.41, 5.74) is 2.00. The third-order valence-corrected chi connectivity index (χ3v) is 4.16. The molecule has 23 heavy (non-hydrogen) atoms. The second kappa shape index (κ2) is 6.78. The quantitative estimate of drug-likeness (QED) is 0.619. The predicted octanol–water partition coefficient (Wildman–Crippen LogP) is 5.28. The summed E-state index contributed by atoms with van der Waals surface area (Å²) in [5.74, 6) is 0.207. The largest absolute Gasteiger partial charge is 0.511 e. The Morgan fingerprint density at radius 1 is 1.13 bits per heavy atom. The number of carbonyl (C=O) groups excluding carboxylic acids is 1. The summed E-state index contributed by atoms with van der Waals surface area (Å²) < 4.78 is 0. The van der Waals surface area contributed by atoms with Gasteiger partial charge in [0.2, 0.25) is 0 Å². The Kier molecular flexibility index (Phi) is 4.56. The van der Waals surface area contributed by atoms with Gasteiger partial charge in [0.15, 0.2) is 5.78 Å². The van der Waals surface area contributed by atoms with E-state index < -0.39 is 0 Å². The Bertz CT molecular complexity index is 802. The van der Waals surface area contributed by atoms with E-state index in [1.54, 1.807) is 0 Å². The van der Waals surface area contributed by atoms with Gasteiger partial charge in [-0.1, -0.05) is 37.3 Å². The van der Waals surface area contributed by atoms with Gasteiger partial charge in [-0.25, -0.2) is 0 Å². The molecule has 1 saturated carbocycles. The minimum atomic E-state index is 0.0155. The van der Waals surface area contributed by atoms with Crippen molar-refractivity contribution >= 4 is 28.0 Å². The summed E-state index contributed by atoms with van der Waals surface area (Å²) in [5, 5.41) is 12.5. The van der Waals surface area contributed by atoms with Gasteiger partial charge in [0.25, 0.3) is 0 Å². The number of aliphatic hydroxyl groups is 1. The normalized spacial score (nSPS) is 19.3. The Balaban J connectivity index is 2.03. The molecule has 0 radical (unpaired) electrons. The van der Waals surface area contributed by atoms with Gasteiger partial charge >= 0.3 is 0 Å². The van der Waals surface area contributed by atoms with Crippen LogP contribution in [0.15, 0.2) is 58.8 Å². The number of rotatable bonds is 3. The first-order valence-electron chi connectivity index (χ1n) is 8.21. The fourth-order valence-electron chi connectivity index (χ4n) is 3.03. The van der Waals surface area contributed by atoms with Gasteiger partial charge in [0.1, 0.15) is 5.76 Å². The molecule has 0 amide bonds. The van der Waals surface area contributed by atoms with Gasteiger partial charge in [0.05, 0.1) is 17.0 Å². The maximum atomic E-state index is 12.2. The van der Waals surface area contributed by atoms with Gasteiger partial charge in [-0.2, -0.15) is 0 Å². The van der Waals surface area contributed by atoms with Crippen LogP contribution in [0.3, 0.4) is 0 Å². The number of ketones is 1. The van der Waals surface area contributed by atoms with Crippen LogP contribution < -0.4 is 0 Å². The first-order chi connectivity index (χ1) is 11.2. The van der Waals surface area contributed by atoms with Crippen molar-refractivity contribution in [2.24, 2.45) is 4.99 Å². The van der Waals surface area contributed by atoms with Crippen molar-refractivity contribution in [3.63, 3.8) is 0 Å². The maximum absolute atomic E-state index is 12.2. The van der Waals surface area contributed by atoms with Crippen LogP contribution in [0.1, 0.15) is 39.0 Å². The second-order valence-corrected chi connectivity index (χ2v) is 5.94. The lowest BCUT2D eigenvalue weighted by atomic mass is 9.89. The molecule has 3 rings (SSSR count). The number of benzene rings is 2.